The van der Waals surface area contributed by atoms with E-state index in [1.807, 2.05) is 0 Å². The average molecular weight is 578 g/mol. The number of carbonyl (C=O) groups excluding carboxylic acids is 2. The summed E-state index contributed by atoms with van der Waals surface area (Å²) < 4.78 is 12.5. The number of nitrogens with zero attached hydrogens (tertiary/aromatic N) is 4. The third kappa shape index (κ3) is 8.61. The summed E-state index contributed by atoms with van der Waals surface area (Å²) in [6, 6.07) is 0. The van der Waals surface area contributed by atoms with Crippen molar-refractivity contribution in [2.24, 2.45) is 0 Å². The van der Waals surface area contributed by atoms with Crippen molar-refractivity contribution in [1.29, 1.82) is 0 Å². The molecular weight excluding hydrogens is 538 g/mol. The molecule has 2 aromatic heterocycles. The maximum Gasteiger partial charge on any atom is 0.305 e. The monoisotopic (exact) mass is 577 g/mol. The number of terminal acetylenes is 1. The number of halogens is 1. The van der Waals surface area contributed by atoms with Gasteiger partial charge in [0.05, 0.1) is 19.5 Å². The Morgan fingerprint density at radius 1 is 1.18 bits per heavy atom. The fraction of sp³-hybridized carbons (Fsp3) is 0.679. The Morgan fingerprint density at radius 2 is 1.88 bits per heavy atom. The molecule has 3 N–H and O–H groups in total. The number of hydrogen-bond acceptors (Lipinski definition) is 9. The van der Waals surface area contributed by atoms with Gasteiger partial charge >= 0.3 is 5.97 Å². The van der Waals surface area contributed by atoms with Crippen LogP contribution in [0.1, 0.15) is 96.6 Å². The predicted octanol–water partition coefficient (Wildman–Crippen LogP) is 4.31. The lowest BCUT2D eigenvalue weighted by Crippen LogP contribution is -2.41. The summed E-state index contributed by atoms with van der Waals surface area (Å²) in [6.45, 7) is 1.81. The zero-order valence-electron chi connectivity index (χ0n) is 23.1. The van der Waals surface area contributed by atoms with E-state index in [0.717, 1.165) is 19.3 Å². The summed E-state index contributed by atoms with van der Waals surface area (Å²) >= 11 is 6.10. The summed E-state index contributed by atoms with van der Waals surface area (Å²) in [5.41, 5.74) is -0.999. The van der Waals surface area contributed by atoms with E-state index in [0.29, 0.717) is 12.8 Å². The Balaban J connectivity index is 1.41. The maximum absolute atomic E-state index is 12.5. The van der Waals surface area contributed by atoms with Crippen molar-refractivity contribution in [2.45, 2.75) is 108 Å². The van der Waals surface area contributed by atoms with Crippen LogP contribution in [0.2, 0.25) is 5.28 Å². The molecule has 1 amide bonds. The Kier molecular flexibility index (Phi) is 12.6. The second-order valence-electron chi connectivity index (χ2n) is 10.1. The van der Waals surface area contributed by atoms with Crippen molar-refractivity contribution in [3.63, 3.8) is 0 Å². The van der Waals surface area contributed by atoms with Crippen LogP contribution in [-0.2, 0) is 19.1 Å². The predicted molar refractivity (Wildman–Crippen MR) is 150 cm³/mol. The number of aromatic nitrogens is 4. The van der Waals surface area contributed by atoms with Crippen molar-refractivity contribution < 1.29 is 29.3 Å². The molecule has 3 rings (SSSR count). The first-order chi connectivity index (χ1) is 19.3. The number of esters is 1. The molecule has 0 aromatic carbocycles. The molecule has 3 atom stereocenters. The van der Waals surface area contributed by atoms with E-state index in [-0.39, 0.29) is 53.6 Å². The van der Waals surface area contributed by atoms with Crippen LogP contribution >= 0.6 is 11.6 Å². The standard InChI is InChI=1S/C28H40ClN5O6/c1-3-5-6-7-8-9-10-11-12-15-23(38)39-16-13-14-21(37)31-25-24-26(33-27(29)32-25)34(19-30-24)22-17-20(36)28(4-2,18-35)40-22/h2,19-20,22,35-36H,3,5-18H2,1H3,(H,31,32,33,37)/t20-,22+,28+/m0/s1. The van der Waals surface area contributed by atoms with Gasteiger partial charge in [-0.25, -0.2) is 4.98 Å². The van der Waals surface area contributed by atoms with Crippen LogP contribution in [0.4, 0.5) is 5.82 Å². The van der Waals surface area contributed by atoms with Crippen LogP contribution in [0.3, 0.4) is 0 Å². The van der Waals surface area contributed by atoms with Gasteiger partial charge in [-0.3, -0.25) is 14.2 Å². The van der Waals surface area contributed by atoms with Gasteiger partial charge in [0, 0.05) is 19.3 Å². The summed E-state index contributed by atoms with van der Waals surface area (Å²) in [5, 5.41) is 22.5. The van der Waals surface area contributed by atoms with Crippen LogP contribution < -0.4 is 5.32 Å². The number of unbranched alkanes of at least 4 members (excludes halogenated alkanes) is 8. The number of hydrogen-bond donors (Lipinski definition) is 3. The number of fused-ring (bicyclic) bond motifs is 1. The number of aliphatic hydroxyl groups excluding tert-OH is 2. The lowest BCUT2D eigenvalue weighted by Gasteiger charge is -2.23. The molecule has 0 radical (unpaired) electrons. The number of nitrogens with one attached hydrogen (secondary N) is 1. The first-order valence-corrected chi connectivity index (χ1v) is 14.5. The van der Waals surface area contributed by atoms with Gasteiger partial charge in [-0.05, 0) is 24.4 Å². The van der Waals surface area contributed by atoms with E-state index in [2.05, 4.69) is 33.1 Å². The van der Waals surface area contributed by atoms with Crippen molar-refractivity contribution in [3.05, 3.63) is 11.6 Å². The number of rotatable bonds is 17. The quantitative estimate of drug-likeness (QED) is 0.108. The molecule has 0 saturated carbocycles. The van der Waals surface area contributed by atoms with E-state index in [9.17, 15) is 19.8 Å². The lowest BCUT2D eigenvalue weighted by atomic mass is 9.99. The van der Waals surface area contributed by atoms with Gasteiger partial charge in [-0.2, -0.15) is 9.97 Å². The molecule has 40 heavy (non-hydrogen) atoms. The summed E-state index contributed by atoms with van der Waals surface area (Å²) in [6.07, 6.45) is 16.6. The van der Waals surface area contributed by atoms with Crippen molar-refractivity contribution >= 4 is 40.5 Å². The Morgan fingerprint density at radius 3 is 2.52 bits per heavy atom. The van der Waals surface area contributed by atoms with Crippen LogP contribution in [-0.4, -0.2) is 66.5 Å². The number of amides is 1. The Bertz CT molecular complexity index is 1170. The molecular formula is C28H40ClN5O6. The smallest absolute Gasteiger partial charge is 0.305 e. The molecule has 220 valence electrons. The van der Waals surface area contributed by atoms with E-state index < -0.39 is 24.5 Å². The van der Waals surface area contributed by atoms with Crippen molar-refractivity contribution in [3.8, 4) is 12.3 Å². The topological polar surface area (TPSA) is 149 Å². The van der Waals surface area contributed by atoms with Crippen LogP contribution in [0.5, 0.6) is 0 Å². The first kappa shape index (κ1) is 31.7. The fourth-order valence-electron chi connectivity index (χ4n) is 4.69. The normalized spacial score (nSPS) is 20.5. The molecule has 3 heterocycles. The molecule has 0 unspecified atom stereocenters. The Labute approximate surface area is 240 Å². The second-order valence-corrected chi connectivity index (χ2v) is 10.5. The summed E-state index contributed by atoms with van der Waals surface area (Å²) in [4.78, 5) is 37.1. The summed E-state index contributed by atoms with van der Waals surface area (Å²) in [7, 11) is 0. The second kappa shape index (κ2) is 15.9. The first-order valence-electron chi connectivity index (χ1n) is 14.1. The maximum atomic E-state index is 12.5. The highest BCUT2D eigenvalue weighted by atomic mass is 35.5. The van der Waals surface area contributed by atoms with Gasteiger partial charge in [0.15, 0.2) is 22.6 Å². The highest BCUT2D eigenvalue weighted by molar-refractivity contribution is 6.28. The minimum absolute atomic E-state index is 0.0946. The third-order valence-corrected chi connectivity index (χ3v) is 7.22. The fourth-order valence-corrected chi connectivity index (χ4v) is 4.86. The Hall–Kier alpha value is -2.78. The highest BCUT2D eigenvalue weighted by Gasteiger charge is 2.47. The summed E-state index contributed by atoms with van der Waals surface area (Å²) in [5.74, 6) is 1.84. The number of imidazole rings is 1. The minimum atomic E-state index is -1.54. The van der Waals surface area contributed by atoms with Crippen molar-refractivity contribution in [2.75, 3.05) is 18.5 Å². The molecule has 1 fully saturated rings. The lowest BCUT2D eigenvalue weighted by molar-refractivity contribution is -0.144. The van der Waals surface area contributed by atoms with E-state index in [1.165, 1.54) is 49.4 Å². The van der Waals surface area contributed by atoms with Gasteiger partial charge in [0.2, 0.25) is 11.2 Å². The van der Waals surface area contributed by atoms with Crippen LogP contribution in [0.25, 0.3) is 11.2 Å². The molecule has 0 aliphatic carbocycles. The van der Waals surface area contributed by atoms with Gasteiger partial charge in [-0.1, -0.05) is 64.2 Å². The minimum Gasteiger partial charge on any atom is -0.466 e. The highest BCUT2D eigenvalue weighted by Crippen LogP contribution is 2.38. The molecule has 12 heteroatoms. The van der Waals surface area contributed by atoms with Gasteiger partial charge in [-0.15, -0.1) is 6.42 Å². The van der Waals surface area contributed by atoms with E-state index >= 15 is 0 Å². The largest absolute Gasteiger partial charge is 0.466 e. The molecule has 0 spiro atoms. The SMILES string of the molecule is C#C[C@]1(CO)O[C@@H](n2cnc3c(NC(=O)CCCOC(=O)CCCCCCCCCCC)nc(Cl)nc32)C[C@@H]1O. The van der Waals surface area contributed by atoms with E-state index in [4.69, 9.17) is 27.5 Å². The molecule has 1 aliphatic rings. The van der Waals surface area contributed by atoms with Gasteiger partial charge in [0.1, 0.15) is 12.3 Å². The molecule has 1 saturated heterocycles. The number of aliphatic hydroxyl groups is 2. The number of carbonyl (C=O) groups is 2. The number of ether oxygens (including phenoxy) is 2. The molecule has 1 aliphatic heterocycles. The molecule has 2 aromatic rings. The van der Waals surface area contributed by atoms with Gasteiger partial charge in [0.25, 0.3) is 0 Å². The van der Waals surface area contributed by atoms with Crippen LogP contribution in [0, 0.1) is 12.3 Å². The van der Waals surface area contributed by atoms with E-state index in [1.54, 1.807) is 0 Å². The number of anilines is 1. The third-order valence-electron chi connectivity index (χ3n) is 7.05. The molecule has 0 bridgehead atoms. The zero-order chi connectivity index (χ0) is 29.0. The average Bonchev–Trinajstić information content (AvgIpc) is 3.51. The van der Waals surface area contributed by atoms with Crippen LogP contribution in [0.15, 0.2) is 6.33 Å². The van der Waals surface area contributed by atoms with Gasteiger partial charge < -0.3 is 25.0 Å². The zero-order valence-corrected chi connectivity index (χ0v) is 23.9. The molecule has 11 nitrogen and oxygen atoms in total. The van der Waals surface area contributed by atoms with Crippen molar-refractivity contribution in [1.82, 2.24) is 19.5 Å².